The van der Waals surface area contributed by atoms with Crippen molar-refractivity contribution in [1.82, 2.24) is 0 Å². The van der Waals surface area contributed by atoms with E-state index in [0.29, 0.717) is 95.8 Å². The van der Waals surface area contributed by atoms with Crippen LogP contribution >= 0.6 is 12.4 Å². The first-order valence-electron chi connectivity index (χ1n) is 34.2. The van der Waals surface area contributed by atoms with Crippen molar-refractivity contribution >= 4 is 46.7 Å². The largest absolute Gasteiger partial charge is 0.870 e. The molecule has 9 aromatic carbocycles. The van der Waals surface area contributed by atoms with Gasteiger partial charge in [-0.2, -0.15) is 0 Å². The van der Waals surface area contributed by atoms with Crippen molar-refractivity contribution in [1.29, 1.82) is 0 Å². The number of halogens is 1. The predicted molar refractivity (Wildman–Crippen MR) is 406 cm³/mol. The predicted octanol–water partition coefficient (Wildman–Crippen LogP) is 14.9. The summed E-state index contributed by atoms with van der Waals surface area (Å²) in [7, 11) is 6.60. The summed E-state index contributed by atoms with van der Waals surface area (Å²) >= 11 is 0. The number of nitro benzene ring substituents is 4. The van der Waals surface area contributed by atoms with Crippen LogP contribution in [0.5, 0.6) is 0 Å². The smallest absolute Gasteiger partial charge is 0.272 e. The van der Waals surface area contributed by atoms with Crippen molar-refractivity contribution in [2.45, 2.75) is 89.8 Å². The zero-order chi connectivity index (χ0) is 75.8. The SMILES string of the molecule is CC(CO)c1cc(C(=O)c2ccccc2)ccc1[N+](=O)[O-].CC(CO)c1cc(C2(c3ccccc3)OCCCO2)ccc1[N+](=O)[O-].CCc1cc(C(=O)c2ccccc2)ccc1[N+](=O)[O-].CCc1cc(C2(c3ccccc3)OCCCO2)ccc1[N+](=O)[O-].C[N+](C)(C)Cc1ccccc1.Cl.OCCCO.[OH-]. The quantitative estimate of drug-likeness (QED) is 0.0212. The minimum atomic E-state index is -1.08. The second kappa shape index (κ2) is 43.9. The van der Waals surface area contributed by atoms with Crippen LogP contribution in [-0.4, -0.2) is 136 Å². The van der Waals surface area contributed by atoms with Gasteiger partial charge in [-0.1, -0.05) is 179 Å². The summed E-state index contributed by atoms with van der Waals surface area (Å²) in [4.78, 5) is 67.3. The Morgan fingerprint density at radius 3 is 1.09 bits per heavy atom. The number of ether oxygens (including phenoxy) is 4. The third-order valence-electron chi connectivity index (χ3n) is 16.7. The lowest BCUT2D eigenvalue weighted by atomic mass is 9.91. The first-order chi connectivity index (χ1) is 49.9. The van der Waals surface area contributed by atoms with Crippen LogP contribution in [0.4, 0.5) is 22.7 Å². The Morgan fingerprint density at radius 1 is 0.425 bits per heavy atom. The number of ketones is 2. The van der Waals surface area contributed by atoms with Crippen LogP contribution in [0.1, 0.15) is 141 Å². The molecule has 2 heterocycles. The molecule has 106 heavy (non-hydrogen) atoms. The van der Waals surface area contributed by atoms with Gasteiger partial charge in [0.05, 0.1) is 67.3 Å². The Morgan fingerprint density at radius 2 is 0.745 bits per heavy atom. The molecular formula is C81H94ClN5O19. The van der Waals surface area contributed by atoms with Gasteiger partial charge in [-0.15, -0.1) is 12.4 Å². The van der Waals surface area contributed by atoms with E-state index in [1.165, 1.54) is 42.0 Å². The van der Waals surface area contributed by atoms with Crippen LogP contribution in [-0.2, 0) is 49.9 Å². The molecule has 0 amide bonds. The van der Waals surface area contributed by atoms with Gasteiger partial charge in [0.25, 0.3) is 22.7 Å². The lowest BCUT2D eigenvalue weighted by molar-refractivity contribution is -0.884. The molecule has 2 aliphatic heterocycles. The van der Waals surface area contributed by atoms with E-state index < -0.39 is 32.3 Å². The minimum Gasteiger partial charge on any atom is -0.870 e. The molecule has 0 saturated carbocycles. The van der Waals surface area contributed by atoms with Crippen LogP contribution in [0, 0.1) is 40.5 Å². The number of nitro groups is 4. The summed E-state index contributed by atoms with van der Waals surface area (Å²) in [6.45, 7) is 10.3. The van der Waals surface area contributed by atoms with Crippen molar-refractivity contribution in [3.8, 4) is 0 Å². The molecule has 2 unspecified atom stereocenters. The standard InChI is InChI=1S/C19H21NO5.C18H19NO4.C16H15NO4.C15H13NO3.C10H16N.C3H8O2.ClH.H2O/c1-14(13-21)17-12-16(8-9-18(17)20(22)23)19(24-10-5-11-25-19)15-6-3-2-4-7-15;1-2-14-13-16(9-10-17(14)19(20)21)18(22-11-6-12-23-18)15-7-4-3-5-8-15;1-11(10-18)14-9-13(7-8-15(14)17(20)21)16(19)12-5-3-2-4-6-12;1-2-11-10-13(8-9-14(11)16(18)19)15(17)12-6-4-3-5-7-12;1-11(2,3)9-10-7-5-4-6-8-10;4-2-1-3-5;;/h2-4,6-9,12,14,21H,5,10-11,13H2,1H3;3-5,7-10,13H,2,6,11-12H2,1H3;2-9,11,18H,10H2,1H3;3-10H,2H2,1H3;4-8H,9H2,1-3H3;4-5H,1-3H2;1H;1H2/q;;;;+1;;;/p-1. The van der Waals surface area contributed by atoms with E-state index in [1.807, 2.05) is 92.7 Å². The molecule has 0 aromatic heterocycles. The van der Waals surface area contributed by atoms with Crippen molar-refractivity contribution in [3.05, 3.63) is 337 Å². The normalized spacial score (nSPS) is 13.7. The lowest BCUT2D eigenvalue weighted by Crippen LogP contribution is -2.39. The van der Waals surface area contributed by atoms with Gasteiger partial charge in [0.1, 0.15) is 6.54 Å². The number of carbonyl (C=O) groups excluding carboxylic acids is 2. The van der Waals surface area contributed by atoms with Crippen LogP contribution in [0.3, 0.4) is 0 Å². The molecule has 25 heteroatoms. The number of hydrogen-bond donors (Lipinski definition) is 4. The van der Waals surface area contributed by atoms with Crippen LogP contribution in [0.2, 0.25) is 0 Å². The Labute approximate surface area is 623 Å². The van der Waals surface area contributed by atoms with E-state index >= 15 is 0 Å². The molecule has 2 atom stereocenters. The molecule has 0 bridgehead atoms. The number of hydrogen-bond acceptors (Lipinski definition) is 19. The fourth-order valence-corrected chi connectivity index (χ4v) is 11.3. The van der Waals surface area contributed by atoms with Gasteiger partial charge in [0, 0.05) is 135 Å². The Balaban J connectivity index is 0.000000279. The number of aliphatic hydroxyl groups is 4. The molecular weight excluding hydrogens is 1380 g/mol. The molecule has 24 nitrogen and oxygen atoms in total. The fourth-order valence-electron chi connectivity index (χ4n) is 11.3. The molecule has 2 aliphatic rings. The highest BCUT2D eigenvalue weighted by Gasteiger charge is 2.41. The zero-order valence-corrected chi connectivity index (χ0v) is 61.3. The summed E-state index contributed by atoms with van der Waals surface area (Å²) in [5.41, 5.74) is 8.79. The summed E-state index contributed by atoms with van der Waals surface area (Å²) in [5, 5.41) is 78.9. The maximum absolute atomic E-state index is 12.4. The number of carbonyl (C=O) groups is 2. The molecule has 11 rings (SSSR count). The van der Waals surface area contributed by atoms with Gasteiger partial charge < -0.3 is 49.3 Å². The number of benzene rings is 9. The molecule has 2 fully saturated rings. The number of aryl methyl sites for hydroxylation is 2. The Hall–Kier alpha value is -10.2. The van der Waals surface area contributed by atoms with Crippen LogP contribution in [0.15, 0.2) is 224 Å². The topological polar surface area (TPSA) is 355 Å². The number of aliphatic hydroxyl groups excluding tert-OH is 4. The molecule has 564 valence electrons. The molecule has 9 aromatic rings. The van der Waals surface area contributed by atoms with Crippen molar-refractivity contribution in [2.75, 3.05) is 74.0 Å². The van der Waals surface area contributed by atoms with Crippen molar-refractivity contribution < 1.29 is 78.6 Å². The molecule has 5 N–H and O–H groups in total. The average molecular weight is 1480 g/mol. The van der Waals surface area contributed by atoms with Crippen LogP contribution in [0.25, 0.3) is 0 Å². The second-order valence-corrected chi connectivity index (χ2v) is 25.3. The Bertz CT molecular complexity index is 4220. The van der Waals surface area contributed by atoms with E-state index in [1.54, 1.807) is 92.7 Å². The van der Waals surface area contributed by atoms with E-state index in [9.17, 15) is 60.3 Å². The maximum atomic E-state index is 12.4. The fraction of sp³-hybridized carbons (Fsp3) is 0.309. The van der Waals surface area contributed by atoms with E-state index in [4.69, 9.17) is 29.2 Å². The second-order valence-electron chi connectivity index (χ2n) is 25.3. The van der Waals surface area contributed by atoms with Gasteiger partial charge in [-0.05, 0) is 80.6 Å². The highest BCUT2D eigenvalue weighted by molar-refractivity contribution is 6.09. The average Bonchev–Trinajstić information content (AvgIpc) is 0.769. The molecule has 0 radical (unpaired) electrons. The summed E-state index contributed by atoms with van der Waals surface area (Å²) in [5.74, 6) is -3.16. The van der Waals surface area contributed by atoms with Crippen molar-refractivity contribution in [3.63, 3.8) is 0 Å². The van der Waals surface area contributed by atoms with E-state index in [-0.39, 0.29) is 89.5 Å². The monoisotopic (exact) mass is 1480 g/mol. The van der Waals surface area contributed by atoms with Crippen LogP contribution < -0.4 is 0 Å². The van der Waals surface area contributed by atoms with Crippen molar-refractivity contribution in [2.24, 2.45) is 0 Å². The van der Waals surface area contributed by atoms with E-state index in [0.717, 1.165) is 40.6 Å². The highest BCUT2D eigenvalue weighted by atomic mass is 35.5. The number of nitrogens with zero attached hydrogens (tertiary/aromatic N) is 5. The number of rotatable bonds is 22. The third-order valence-corrected chi connectivity index (χ3v) is 16.7. The van der Waals surface area contributed by atoms with E-state index in [2.05, 4.69) is 51.5 Å². The van der Waals surface area contributed by atoms with Gasteiger partial charge in [0.15, 0.2) is 11.6 Å². The summed E-state index contributed by atoms with van der Waals surface area (Å²) < 4.78 is 25.2. The first-order valence-corrected chi connectivity index (χ1v) is 34.2. The molecule has 2 saturated heterocycles. The highest BCUT2D eigenvalue weighted by Crippen LogP contribution is 2.42. The van der Waals surface area contributed by atoms with Gasteiger partial charge >= 0.3 is 0 Å². The molecule has 0 spiro atoms. The third kappa shape index (κ3) is 24.7. The Kier molecular flexibility index (Phi) is 36.6. The van der Waals surface area contributed by atoms with Gasteiger partial charge in [-0.3, -0.25) is 50.0 Å². The first kappa shape index (κ1) is 88.2. The maximum Gasteiger partial charge on any atom is 0.272 e. The summed E-state index contributed by atoms with van der Waals surface area (Å²) in [6.07, 6.45) is 3.23. The lowest BCUT2D eigenvalue weighted by Gasteiger charge is -2.38. The van der Waals surface area contributed by atoms with Gasteiger partial charge in [0.2, 0.25) is 11.6 Å². The number of quaternary nitrogens is 1. The molecule has 0 aliphatic carbocycles. The minimum absolute atomic E-state index is 0. The summed E-state index contributed by atoms with van der Waals surface area (Å²) in [6, 6.07) is 66.2. The van der Waals surface area contributed by atoms with Gasteiger partial charge in [-0.25, -0.2) is 0 Å². The zero-order valence-electron chi connectivity index (χ0n) is 60.5.